The summed E-state index contributed by atoms with van der Waals surface area (Å²) in [5.41, 5.74) is 1.94. The minimum Gasteiger partial charge on any atom is -0.495 e. The minimum absolute atomic E-state index is 0.340. The third kappa shape index (κ3) is 2.33. The van der Waals surface area contributed by atoms with Crippen molar-refractivity contribution in [1.82, 2.24) is 5.32 Å². The molecule has 1 N–H and O–H groups in total. The molecule has 0 saturated heterocycles. The van der Waals surface area contributed by atoms with Crippen LogP contribution in [0.1, 0.15) is 46.2 Å². The Labute approximate surface area is 127 Å². The van der Waals surface area contributed by atoms with Gasteiger partial charge in [0.25, 0.3) is 0 Å². The summed E-state index contributed by atoms with van der Waals surface area (Å²) >= 11 is 6.14. The van der Waals surface area contributed by atoms with E-state index in [-0.39, 0.29) is 0 Å². The van der Waals surface area contributed by atoms with Gasteiger partial charge in [0.2, 0.25) is 0 Å². The number of methoxy groups -OCH3 is 1. The first-order chi connectivity index (χ1) is 9.27. The van der Waals surface area contributed by atoms with Gasteiger partial charge < -0.3 is 10.1 Å². The van der Waals surface area contributed by atoms with E-state index in [2.05, 4.69) is 52.1 Å². The highest BCUT2D eigenvalue weighted by atomic mass is 35.5. The molecule has 1 atom stereocenters. The van der Waals surface area contributed by atoms with Crippen molar-refractivity contribution in [2.75, 3.05) is 13.7 Å². The fourth-order valence-corrected chi connectivity index (χ4v) is 3.79. The van der Waals surface area contributed by atoms with Gasteiger partial charge in [0.05, 0.1) is 12.1 Å². The molecule has 2 nitrogen and oxygen atoms in total. The van der Waals surface area contributed by atoms with Crippen molar-refractivity contribution in [1.29, 1.82) is 0 Å². The minimum atomic E-state index is 0.340. The van der Waals surface area contributed by atoms with Crippen LogP contribution in [0.25, 0.3) is 0 Å². The average Bonchev–Trinajstić information content (AvgIpc) is 2.78. The fourth-order valence-electron chi connectivity index (χ4n) is 3.60. The second-order valence-electron chi connectivity index (χ2n) is 6.85. The number of rotatable bonds is 5. The molecule has 0 heterocycles. The molecule has 1 unspecified atom stereocenters. The van der Waals surface area contributed by atoms with E-state index in [1.54, 1.807) is 7.11 Å². The van der Waals surface area contributed by atoms with E-state index in [4.69, 9.17) is 16.3 Å². The molecule has 1 saturated carbocycles. The van der Waals surface area contributed by atoms with Crippen LogP contribution < -0.4 is 10.1 Å². The third-order valence-electron chi connectivity index (χ3n) is 5.42. The van der Waals surface area contributed by atoms with E-state index in [9.17, 15) is 0 Å². The van der Waals surface area contributed by atoms with Crippen molar-refractivity contribution in [3.63, 3.8) is 0 Å². The number of benzene rings is 1. The summed E-state index contributed by atoms with van der Waals surface area (Å²) in [5.74, 6) is 1.36. The Morgan fingerprint density at radius 1 is 1.25 bits per heavy atom. The highest BCUT2D eigenvalue weighted by molar-refractivity contribution is 6.32. The van der Waals surface area contributed by atoms with Gasteiger partial charge in [-0.05, 0) is 41.0 Å². The molecule has 3 heteroatoms. The van der Waals surface area contributed by atoms with Crippen molar-refractivity contribution >= 4 is 11.6 Å². The molecule has 0 bridgehead atoms. The smallest absolute Gasteiger partial charge is 0.137 e. The normalized spacial score (nSPS) is 21.6. The molecule has 0 amide bonds. The fraction of sp³-hybridized carbons (Fsp3) is 0.647. The predicted molar refractivity (Wildman–Crippen MR) is 85.5 cm³/mol. The number of hydrogen-bond acceptors (Lipinski definition) is 2. The van der Waals surface area contributed by atoms with Crippen LogP contribution in [0, 0.1) is 16.7 Å². The summed E-state index contributed by atoms with van der Waals surface area (Å²) in [6, 6.07) is 6.46. The molecular weight excluding hydrogens is 270 g/mol. The van der Waals surface area contributed by atoms with Gasteiger partial charge in [0.15, 0.2) is 0 Å². The van der Waals surface area contributed by atoms with Crippen LogP contribution in [0.5, 0.6) is 5.75 Å². The summed E-state index contributed by atoms with van der Waals surface area (Å²) in [6.07, 6.45) is 0. The van der Waals surface area contributed by atoms with Gasteiger partial charge in [-0.15, -0.1) is 0 Å². The molecule has 1 aromatic rings. The second-order valence-corrected chi connectivity index (χ2v) is 7.26. The van der Waals surface area contributed by atoms with Crippen molar-refractivity contribution in [2.45, 2.75) is 40.7 Å². The zero-order valence-corrected chi connectivity index (χ0v) is 14.1. The van der Waals surface area contributed by atoms with Crippen LogP contribution in [0.4, 0.5) is 0 Å². The van der Waals surface area contributed by atoms with Crippen molar-refractivity contribution in [3.8, 4) is 5.75 Å². The van der Waals surface area contributed by atoms with E-state index in [1.165, 1.54) is 5.56 Å². The van der Waals surface area contributed by atoms with Gasteiger partial charge in [0, 0.05) is 6.04 Å². The summed E-state index contributed by atoms with van der Waals surface area (Å²) < 4.78 is 5.36. The van der Waals surface area contributed by atoms with Crippen LogP contribution in [0.3, 0.4) is 0 Å². The molecule has 1 aliphatic carbocycles. The van der Waals surface area contributed by atoms with Crippen molar-refractivity contribution in [2.24, 2.45) is 16.7 Å². The molecule has 1 aromatic carbocycles. The Balaban J connectivity index is 2.36. The first-order valence-corrected chi connectivity index (χ1v) is 7.72. The Morgan fingerprint density at radius 3 is 2.30 bits per heavy atom. The van der Waals surface area contributed by atoms with E-state index in [1.807, 2.05) is 6.07 Å². The lowest BCUT2D eigenvalue weighted by molar-refractivity contribution is 0.402. The van der Waals surface area contributed by atoms with E-state index in [0.29, 0.717) is 27.8 Å². The van der Waals surface area contributed by atoms with Crippen LogP contribution in [-0.4, -0.2) is 13.7 Å². The lowest BCUT2D eigenvalue weighted by Crippen LogP contribution is -2.25. The van der Waals surface area contributed by atoms with Gasteiger partial charge in [-0.2, -0.15) is 0 Å². The van der Waals surface area contributed by atoms with Gasteiger partial charge in [-0.3, -0.25) is 0 Å². The highest BCUT2D eigenvalue weighted by Gasteiger charge is 2.67. The highest BCUT2D eigenvalue weighted by Crippen LogP contribution is 2.72. The molecule has 0 spiro atoms. The topological polar surface area (TPSA) is 21.3 Å². The molecule has 20 heavy (non-hydrogen) atoms. The van der Waals surface area contributed by atoms with Crippen molar-refractivity contribution in [3.05, 3.63) is 28.8 Å². The lowest BCUT2D eigenvalue weighted by atomic mass is 9.96. The predicted octanol–water partition coefficient (Wildman–Crippen LogP) is 4.68. The SMILES string of the molecule is CCNC(c1ccc(Cl)c(OC)c1)C1C(C)(C)C1(C)C. The molecule has 2 rings (SSSR count). The molecular formula is C17H26ClNO. The number of nitrogens with one attached hydrogen (secondary N) is 1. The molecule has 1 fully saturated rings. The Kier molecular flexibility index (Phi) is 4.10. The summed E-state index contributed by atoms with van der Waals surface area (Å²) in [5, 5.41) is 4.31. The van der Waals surface area contributed by atoms with Crippen molar-refractivity contribution < 1.29 is 4.74 Å². The maximum atomic E-state index is 6.14. The summed E-state index contributed by atoms with van der Waals surface area (Å²) in [6.45, 7) is 12.5. The van der Waals surface area contributed by atoms with Gasteiger partial charge >= 0.3 is 0 Å². The number of ether oxygens (including phenoxy) is 1. The maximum Gasteiger partial charge on any atom is 0.137 e. The maximum absolute atomic E-state index is 6.14. The number of hydrogen-bond donors (Lipinski definition) is 1. The quantitative estimate of drug-likeness (QED) is 0.851. The van der Waals surface area contributed by atoms with Gasteiger partial charge in [-0.25, -0.2) is 0 Å². The Bertz CT molecular complexity index is 482. The standard InChI is InChI=1S/C17H26ClNO/c1-7-19-14(15-16(2,3)17(15,4)5)11-8-9-12(18)13(10-11)20-6/h8-10,14-15,19H,7H2,1-6H3. The third-order valence-corrected chi connectivity index (χ3v) is 5.74. The second kappa shape index (κ2) is 5.23. The monoisotopic (exact) mass is 295 g/mol. The average molecular weight is 296 g/mol. The van der Waals surface area contributed by atoms with Crippen LogP contribution >= 0.6 is 11.6 Å². The van der Waals surface area contributed by atoms with Crippen LogP contribution in [-0.2, 0) is 0 Å². The zero-order valence-electron chi connectivity index (χ0n) is 13.4. The zero-order chi connectivity index (χ0) is 15.1. The van der Waals surface area contributed by atoms with E-state index >= 15 is 0 Å². The summed E-state index contributed by atoms with van der Waals surface area (Å²) in [7, 11) is 1.66. The molecule has 1 aliphatic rings. The largest absolute Gasteiger partial charge is 0.495 e. The first-order valence-electron chi connectivity index (χ1n) is 7.34. The van der Waals surface area contributed by atoms with E-state index < -0.39 is 0 Å². The number of halogens is 1. The molecule has 0 radical (unpaired) electrons. The summed E-state index contributed by atoms with van der Waals surface area (Å²) in [4.78, 5) is 0. The van der Waals surface area contributed by atoms with Crippen LogP contribution in [0.15, 0.2) is 18.2 Å². The molecule has 0 aromatic heterocycles. The van der Waals surface area contributed by atoms with Gasteiger partial charge in [0.1, 0.15) is 5.75 Å². The van der Waals surface area contributed by atoms with Crippen LogP contribution in [0.2, 0.25) is 5.02 Å². The first kappa shape index (κ1) is 15.7. The van der Waals surface area contributed by atoms with Gasteiger partial charge in [-0.1, -0.05) is 52.3 Å². The molecule has 112 valence electrons. The Morgan fingerprint density at radius 2 is 1.85 bits per heavy atom. The Hall–Kier alpha value is -0.730. The lowest BCUT2D eigenvalue weighted by Gasteiger charge is -2.21. The molecule has 0 aliphatic heterocycles. The van der Waals surface area contributed by atoms with E-state index in [0.717, 1.165) is 12.3 Å².